The van der Waals surface area contributed by atoms with E-state index in [0.717, 1.165) is 29.2 Å². The van der Waals surface area contributed by atoms with Crippen LogP contribution in [0.1, 0.15) is 11.1 Å². The summed E-state index contributed by atoms with van der Waals surface area (Å²) in [5, 5.41) is 4.04. The SMILES string of the molecule is COCCNCc1cccc(OC)c1OCc1ccc(Cl)cc1.[Cl-]. The Kier molecular flexibility index (Phi) is 9.57. The molecule has 0 bridgehead atoms. The third kappa shape index (κ3) is 6.21. The molecule has 0 aliphatic rings. The van der Waals surface area contributed by atoms with Gasteiger partial charge in [0.25, 0.3) is 0 Å². The van der Waals surface area contributed by atoms with Gasteiger partial charge in [-0.25, -0.2) is 0 Å². The molecule has 0 unspecified atom stereocenters. The van der Waals surface area contributed by atoms with Gasteiger partial charge in [0.05, 0.1) is 13.7 Å². The molecule has 2 aromatic rings. The van der Waals surface area contributed by atoms with E-state index in [1.807, 2.05) is 42.5 Å². The fourth-order valence-electron chi connectivity index (χ4n) is 2.16. The molecule has 0 heterocycles. The number of hydrogen-bond acceptors (Lipinski definition) is 4. The molecule has 0 aromatic heterocycles. The number of benzene rings is 2. The average Bonchev–Trinajstić information content (AvgIpc) is 2.58. The highest BCUT2D eigenvalue weighted by Gasteiger charge is 2.10. The third-order valence-electron chi connectivity index (χ3n) is 3.38. The van der Waals surface area contributed by atoms with Crippen LogP contribution in [0.15, 0.2) is 42.5 Å². The lowest BCUT2D eigenvalue weighted by atomic mass is 10.1. The number of nitrogens with one attached hydrogen (secondary N) is 1. The molecule has 0 fully saturated rings. The molecule has 1 N–H and O–H groups in total. The fourth-order valence-corrected chi connectivity index (χ4v) is 2.28. The van der Waals surface area contributed by atoms with Gasteiger partial charge in [-0.2, -0.15) is 0 Å². The van der Waals surface area contributed by atoms with Crippen molar-refractivity contribution in [3.05, 3.63) is 58.6 Å². The zero-order chi connectivity index (χ0) is 16.5. The fraction of sp³-hybridized carbons (Fsp3) is 0.333. The van der Waals surface area contributed by atoms with Crippen molar-refractivity contribution in [1.82, 2.24) is 5.32 Å². The largest absolute Gasteiger partial charge is 1.00 e. The topological polar surface area (TPSA) is 39.7 Å². The van der Waals surface area contributed by atoms with Gasteiger partial charge in [-0.05, 0) is 23.8 Å². The van der Waals surface area contributed by atoms with Crippen molar-refractivity contribution < 1.29 is 26.6 Å². The minimum absolute atomic E-state index is 0. The summed E-state index contributed by atoms with van der Waals surface area (Å²) in [6, 6.07) is 13.5. The van der Waals surface area contributed by atoms with Crippen LogP contribution in [0.2, 0.25) is 5.02 Å². The van der Waals surface area contributed by atoms with Gasteiger partial charge in [0.15, 0.2) is 11.5 Å². The monoisotopic (exact) mass is 370 g/mol. The van der Waals surface area contributed by atoms with E-state index in [-0.39, 0.29) is 12.4 Å². The summed E-state index contributed by atoms with van der Waals surface area (Å²) >= 11 is 5.91. The van der Waals surface area contributed by atoms with Gasteiger partial charge in [-0.3, -0.25) is 0 Å². The minimum Gasteiger partial charge on any atom is -1.00 e. The van der Waals surface area contributed by atoms with E-state index < -0.39 is 0 Å². The van der Waals surface area contributed by atoms with E-state index in [4.69, 9.17) is 25.8 Å². The van der Waals surface area contributed by atoms with Crippen LogP contribution < -0.4 is 27.2 Å². The summed E-state index contributed by atoms with van der Waals surface area (Å²) in [7, 11) is 3.33. The lowest BCUT2D eigenvalue weighted by Crippen LogP contribution is -3.00. The number of rotatable bonds is 9. The molecule has 0 aliphatic heterocycles. The Labute approximate surface area is 154 Å². The molecule has 24 heavy (non-hydrogen) atoms. The molecule has 132 valence electrons. The average molecular weight is 371 g/mol. The van der Waals surface area contributed by atoms with E-state index in [1.165, 1.54) is 0 Å². The van der Waals surface area contributed by atoms with Gasteiger partial charge in [0, 0.05) is 30.8 Å². The maximum atomic E-state index is 6.00. The number of halogens is 2. The van der Waals surface area contributed by atoms with Crippen LogP contribution >= 0.6 is 11.6 Å². The van der Waals surface area contributed by atoms with E-state index in [1.54, 1.807) is 14.2 Å². The summed E-state index contributed by atoms with van der Waals surface area (Å²) in [5.41, 5.74) is 2.10. The first-order chi connectivity index (χ1) is 11.2. The van der Waals surface area contributed by atoms with Gasteiger partial charge in [0.1, 0.15) is 6.61 Å². The molecule has 4 nitrogen and oxygen atoms in total. The van der Waals surface area contributed by atoms with E-state index >= 15 is 0 Å². The predicted molar refractivity (Wildman–Crippen MR) is 92.4 cm³/mol. The van der Waals surface area contributed by atoms with Gasteiger partial charge >= 0.3 is 0 Å². The molecule has 0 amide bonds. The highest BCUT2D eigenvalue weighted by atomic mass is 35.5. The van der Waals surface area contributed by atoms with Crippen molar-refractivity contribution in [3.63, 3.8) is 0 Å². The van der Waals surface area contributed by atoms with E-state index in [2.05, 4.69) is 5.32 Å². The summed E-state index contributed by atoms with van der Waals surface area (Å²) in [6.45, 7) is 2.61. The van der Waals surface area contributed by atoms with Crippen LogP contribution in [0.3, 0.4) is 0 Å². The lowest BCUT2D eigenvalue weighted by molar-refractivity contribution is -0.00000551. The molecule has 0 aliphatic carbocycles. The first-order valence-corrected chi connectivity index (χ1v) is 7.85. The highest BCUT2D eigenvalue weighted by Crippen LogP contribution is 2.31. The Morgan fingerprint density at radius 1 is 1.04 bits per heavy atom. The minimum atomic E-state index is 0. The van der Waals surface area contributed by atoms with Gasteiger partial charge in [-0.15, -0.1) is 0 Å². The zero-order valence-corrected chi connectivity index (χ0v) is 15.4. The Hall–Kier alpha value is -1.46. The summed E-state index contributed by atoms with van der Waals surface area (Å²) < 4.78 is 16.5. The molecule has 0 radical (unpaired) electrons. The van der Waals surface area contributed by atoms with Crippen molar-refractivity contribution in [2.45, 2.75) is 13.2 Å². The Bertz CT molecular complexity index is 606. The van der Waals surface area contributed by atoms with Gasteiger partial charge < -0.3 is 31.9 Å². The standard InChI is InChI=1S/C18H22ClNO3.ClH/c1-21-11-10-20-12-15-4-3-5-17(22-2)18(15)23-13-14-6-8-16(19)9-7-14;/h3-9,20H,10-13H2,1-2H3;1H/p-1. The second-order valence-electron chi connectivity index (χ2n) is 5.03. The molecule has 0 saturated carbocycles. The number of methoxy groups -OCH3 is 2. The molecule has 2 aromatic carbocycles. The number of hydrogen-bond donors (Lipinski definition) is 1. The summed E-state index contributed by atoms with van der Waals surface area (Å²) in [5.74, 6) is 1.49. The van der Waals surface area contributed by atoms with Crippen LogP contribution in [0.4, 0.5) is 0 Å². The normalized spacial score (nSPS) is 10.1. The van der Waals surface area contributed by atoms with Crippen LogP contribution in [-0.4, -0.2) is 27.4 Å². The van der Waals surface area contributed by atoms with Crippen molar-refractivity contribution in [1.29, 1.82) is 0 Å². The maximum absolute atomic E-state index is 6.00. The van der Waals surface area contributed by atoms with E-state index in [9.17, 15) is 0 Å². The number of para-hydroxylation sites is 1. The van der Waals surface area contributed by atoms with Gasteiger partial charge in [0.2, 0.25) is 0 Å². The zero-order valence-electron chi connectivity index (χ0n) is 13.9. The molecular weight excluding hydrogens is 349 g/mol. The smallest absolute Gasteiger partial charge is 0.166 e. The predicted octanol–water partition coefficient (Wildman–Crippen LogP) is 0.668. The first kappa shape index (κ1) is 20.6. The van der Waals surface area contributed by atoms with Crippen LogP contribution in [0.25, 0.3) is 0 Å². The Balaban J connectivity index is 0.00000288. The number of ether oxygens (including phenoxy) is 3. The lowest BCUT2D eigenvalue weighted by Gasteiger charge is -2.15. The van der Waals surface area contributed by atoms with Gasteiger partial charge in [-0.1, -0.05) is 35.9 Å². The van der Waals surface area contributed by atoms with E-state index in [0.29, 0.717) is 24.8 Å². The molecule has 0 saturated heterocycles. The Morgan fingerprint density at radius 3 is 2.46 bits per heavy atom. The second-order valence-corrected chi connectivity index (χ2v) is 5.47. The first-order valence-electron chi connectivity index (χ1n) is 7.47. The second kappa shape index (κ2) is 11.2. The van der Waals surface area contributed by atoms with Crippen molar-refractivity contribution >= 4 is 11.6 Å². The van der Waals surface area contributed by atoms with Crippen molar-refractivity contribution in [2.24, 2.45) is 0 Å². The molecular formula is C18H22Cl2NO3-. The van der Waals surface area contributed by atoms with Crippen molar-refractivity contribution in [2.75, 3.05) is 27.4 Å². The Morgan fingerprint density at radius 2 is 1.79 bits per heavy atom. The molecule has 0 atom stereocenters. The quantitative estimate of drug-likeness (QED) is 0.658. The highest BCUT2D eigenvalue weighted by molar-refractivity contribution is 6.30. The maximum Gasteiger partial charge on any atom is 0.166 e. The van der Waals surface area contributed by atoms with Crippen LogP contribution in [0, 0.1) is 0 Å². The summed E-state index contributed by atoms with van der Waals surface area (Å²) in [6.07, 6.45) is 0. The summed E-state index contributed by atoms with van der Waals surface area (Å²) in [4.78, 5) is 0. The molecule has 2 rings (SSSR count). The van der Waals surface area contributed by atoms with Crippen LogP contribution in [0.5, 0.6) is 11.5 Å². The third-order valence-corrected chi connectivity index (χ3v) is 3.63. The van der Waals surface area contributed by atoms with Crippen LogP contribution in [-0.2, 0) is 17.9 Å². The van der Waals surface area contributed by atoms with Crippen molar-refractivity contribution in [3.8, 4) is 11.5 Å². The molecule has 0 spiro atoms. The molecule has 6 heteroatoms.